The molecule has 0 radical (unpaired) electrons. The zero-order chi connectivity index (χ0) is 15.0. The normalized spacial score (nSPS) is 18.4. The number of carboxylic acid groups (broad SMARTS) is 1. The van der Waals surface area contributed by atoms with Crippen LogP contribution in [0.4, 0.5) is 4.79 Å². The van der Waals surface area contributed by atoms with Crippen LogP contribution < -0.4 is 5.32 Å². The zero-order valence-corrected chi connectivity index (χ0v) is 11.5. The average molecular weight is 289 g/mol. The molecule has 0 aliphatic carbocycles. The fraction of sp³-hybridized carbons (Fsp3) is 0.833. The Morgan fingerprint density at radius 3 is 2.60 bits per heavy atom. The highest BCUT2D eigenvalue weighted by Crippen LogP contribution is 2.03. The lowest BCUT2D eigenvalue weighted by Crippen LogP contribution is -2.43. The summed E-state index contributed by atoms with van der Waals surface area (Å²) >= 11 is 0. The molecule has 20 heavy (non-hydrogen) atoms. The molecule has 116 valence electrons. The fourth-order valence-corrected chi connectivity index (χ4v) is 2.09. The van der Waals surface area contributed by atoms with Crippen LogP contribution in [-0.2, 0) is 4.79 Å². The molecular formula is C12H23N3O5. The van der Waals surface area contributed by atoms with Gasteiger partial charge >= 0.3 is 12.0 Å². The molecule has 1 saturated heterocycles. The molecule has 0 aromatic carbocycles. The summed E-state index contributed by atoms with van der Waals surface area (Å²) < 4.78 is 0. The Hall–Kier alpha value is -1.38. The van der Waals surface area contributed by atoms with Crippen molar-refractivity contribution in [1.82, 2.24) is 15.1 Å². The number of carbonyl (C=O) groups is 2. The summed E-state index contributed by atoms with van der Waals surface area (Å²) in [7, 11) is 0. The van der Waals surface area contributed by atoms with Crippen molar-refractivity contribution in [2.75, 3.05) is 45.9 Å². The first-order chi connectivity index (χ1) is 9.54. The van der Waals surface area contributed by atoms with Gasteiger partial charge in [0.2, 0.25) is 0 Å². The molecule has 4 N–H and O–H groups in total. The van der Waals surface area contributed by atoms with Crippen LogP contribution in [0.2, 0.25) is 0 Å². The predicted molar refractivity (Wildman–Crippen MR) is 71.4 cm³/mol. The van der Waals surface area contributed by atoms with E-state index in [1.807, 2.05) is 0 Å². The highest BCUT2D eigenvalue weighted by atomic mass is 16.4. The third-order valence-electron chi connectivity index (χ3n) is 3.27. The Morgan fingerprint density at radius 1 is 1.20 bits per heavy atom. The van der Waals surface area contributed by atoms with Crippen molar-refractivity contribution in [3.05, 3.63) is 0 Å². The summed E-state index contributed by atoms with van der Waals surface area (Å²) in [5, 5.41) is 29.1. The van der Waals surface area contributed by atoms with Crippen LogP contribution in [0.5, 0.6) is 0 Å². The first-order valence-corrected chi connectivity index (χ1v) is 6.81. The number of β-amino-alcohol motifs (C(OH)–C–C–N with tert-alkyl or cyclic N) is 1. The molecule has 0 spiro atoms. The Morgan fingerprint density at radius 2 is 1.95 bits per heavy atom. The van der Waals surface area contributed by atoms with E-state index in [0.29, 0.717) is 26.2 Å². The Bertz CT molecular complexity index is 326. The number of hydrogen-bond acceptors (Lipinski definition) is 5. The molecule has 1 aliphatic rings. The van der Waals surface area contributed by atoms with Gasteiger partial charge < -0.3 is 25.5 Å². The number of urea groups is 1. The molecule has 0 unspecified atom stereocenters. The second kappa shape index (κ2) is 8.72. The number of carboxylic acids is 1. The van der Waals surface area contributed by atoms with Crippen molar-refractivity contribution < 1.29 is 24.9 Å². The molecule has 1 fully saturated rings. The summed E-state index contributed by atoms with van der Waals surface area (Å²) in [5.74, 6) is -1.28. The standard InChI is InChI=1S/C12H23N3O5/c16-9-8-14-4-1-5-15(7-6-14)12(20)13-3-2-10(17)11(18)19/h10,16-17H,1-9H2,(H,13,20)(H,18,19)/t10-/m0/s1. The first-order valence-electron chi connectivity index (χ1n) is 6.81. The van der Waals surface area contributed by atoms with Gasteiger partial charge in [0, 0.05) is 39.1 Å². The van der Waals surface area contributed by atoms with E-state index < -0.39 is 12.1 Å². The van der Waals surface area contributed by atoms with E-state index in [4.69, 9.17) is 15.3 Å². The van der Waals surface area contributed by atoms with Crippen molar-refractivity contribution >= 4 is 12.0 Å². The number of amides is 2. The molecule has 1 heterocycles. The SMILES string of the molecule is O=C(O)[C@@H](O)CCNC(=O)N1CCCN(CCO)CC1. The van der Waals surface area contributed by atoms with Gasteiger partial charge in [-0.05, 0) is 13.0 Å². The van der Waals surface area contributed by atoms with Gasteiger partial charge in [-0.1, -0.05) is 0 Å². The Kier molecular flexibility index (Phi) is 7.27. The Labute approximate surface area is 118 Å². The molecule has 1 aliphatic heterocycles. The van der Waals surface area contributed by atoms with Crippen LogP contribution in [-0.4, -0.2) is 89.1 Å². The van der Waals surface area contributed by atoms with E-state index in [9.17, 15) is 9.59 Å². The fourth-order valence-electron chi connectivity index (χ4n) is 2.09. The molecule has 0 aromatic rings. The van der Waals surface area contributed by atoms with Crippen molar-refractivity contribution in [2.24, 2.45) is 0 Å². The monoisotopic (exact) mass is 289 g/mol. The van der Waals surface area contributed by atoms with Gasteiger partial charge in [0.25, 0.3) is 0 Å². The molecule has 0 aromatic heterocycles. The maximum Gasteiger partial charge on any atom is 0.332 e. The van der Waals surface area contributed by atoms with Crippen LogP contribution in [0.15, 0.2) is 0 Å². The summed E-state index contributed by atoms with van der Waals surface area (Å²) in [6, 6.07) is -0.242. The lowest BCUT2D eigenvalue weighted by Gasteiger charge is -2.22. The van der Waals surface area contributed by atoms with Crippen molar-refractivity contribution in [3.63, 3.8) is 0 Å². The number of hydrogen-bond donors (Lipinski definition) is 4. The molecule has 2 amide bonds. The molecule has 0 bridgehead atoms. The quantitative estimate of drug-likeness (QED) is 0.475. The number of nitrogens with one attached hydrogen (secondary N) is 1. The van der Waals surface area contributed by atoms with Gasteiger partial charge in [-0.25, -0.2) is 9.59 Å². The molecule has 8 nitrogen and oxygen atoms in total. The second-order valence-electron chi connectivity index (χ2n) is 4.78. The van der Waals surface area contributed by atoms with Gasteiger partial charge in [-0.15, -0.1) is 0 Å². The first kappa shape index (κ1) is 16.7. The number of aliphatic carboxylic acids is 1. The van der Waals surface area contributed by atoms with Gasteiger partial charge in [-0.3, -0.25) is 4.90 Å². The average Bonchev–Trinajstić information content (AvgIpc) is 2.64. The minimum atomic E-state index is -1.44. The topological polar surface area (TPSA) is 113 Å². The Balaban J connectivity index is 2.27. The van der Waals surface area contributed by atoms with Crippen molar-refractivity contribution in [3.8, 4) is 0 Å². The largest absolute Gasteiger partial charge is 0.479 e. The molecule has 1 rings (SSSR count). The molecule has 1 atom stereocenters. The predicted octanol–water partition coefficient (Wildman–Crippen LogP) is -1.47. The highest BCUT2D eigenvalue weighted by molar-refractivity contribution is 5.74. The van der Waals surface area contributed by atoms with Gasteiger partial charge in [0.05, 0.1) is 6.61 Å². The van der Waals surface area contributed by atoms with Gasteiger partial charge in [-0.2, -0.15) is 0 Å². The minimum Gasteiger partial charge on any atom is -0.479 e. The van der Waals surface area contributed by atoms with Gasteiger partial charge in [0.1, 0.15) is 0 Å². The van der Waals surface area contributed by atoms with Crippen LogP contribution in [0.25, 0.3) is 0 Å². The summed E-state index contributed by atoms with van der Waals surface area (Å²) in [4.78, 5) is 26.1. The molecule has 0 saturated carbocycles. The number of carbonyl (C=O) groups excluding carboxylic acids is 1. The van der Waals surface area contributed by atoms with Crippen molar-refractivity contribution in [2.45, 2.75) is 18.9 Å². The van der Waals surface area contributed by atoms with Crippen LogP contribution in [0.3, 0.4) is 0 Å². The van der Waals surface area contributed by atoms with Crippen LogP contribution >= 0.6 is 0 Å². The second-order valence-corrected chi connectivity index (χ2v) is 4.78. The number of nitrogens with zero attached hydrogens (tertiary/aromatic N) is 2. The van der Waals surface area contributed by atoms with E-state index in [1.54, 1.807) is 4.90 Å². The minimum absolute atomic E-state index is 0.00838. The zero-order valence-electron chi connectivity index (χ0n) is 11.5. The lowest BCUT2D eigenvalue weighted by atomic mass is 10.2. The van der Waals surface area contributed by atoms with E-state index in [1.165, 1.54) is 0 Å². The van der Waals surface area contributed by atoms with E-state index >= 15 is 0 Å². The maximum atomic E-state index is 11.9. The van der Waals surface area contributed by atoms with E-state index in [2.05, 4.69) is 10.2 Å². The van der Waals surface area contributed by atoms with E-state index in [0.717, 1.165) is 13.0 Å². The third-order valence-corrected chi connectivity index (χ3v) is 3.27. The van der Waals surface area contributed by atoms with E-state index in [-0.39, 0.29) is 25.6 Å². The summed E-state index contributed by atoms with van der Waals surface area (Å²) in [6.45, 7) is 3.62. The summed E-state index contributed by atoms with van der Waals surface area (Å²) in [5.41, 5.74) is 0. The number of rotatable bonds is 6. The number of aliphatic hydroxyl groups excluding tert-OH is 2. The summed E-state index contributed by atoms with van der Waals surface area (Å²) in [6.07, 6.45) is -0.615. The molecular weight excluding hydrogens is 266 g/mol. The number of aliphatic hydroxyl groups is 2. The highest BCUT2D eigenvalue weighted by Gasteiger charge is 2.19. The van der Waals surface area contributed by atoms with Gasteiger partial charge in [0.15, 0.2) is 6.10 Å². The third kappa shape index (κ3) is 5.72. The molecule has 8 heteroatoms. The lowest BCUT2D eigenvalue weighted by molar-refractivity contribution is -0.146. The maximum absolute atomic E-state index is 11.9. The van der Waals surface area contributed by atoms with Crippen LogP contribution in [0, 0.1) is 0 Å². The van der Waals surface area contributed by atoms with Crippen LogP contribution in [0.1, 0.15) is 12.8 Å². The smallest absolute Gasteiger partial charge is 0.332 e. The van der Waals surface area contributed by atoms with Crippen molar-refractivity contribution in [1.29, 1.82) is 0 Å².